The number of piperidine rings is 1. The van der Waals surface area contributed by atoms with Crippen molar-refractivity contribution >= 4 is 27.7 Å². The van der Waals surface area contributed by atoms with Crippen LogP contribution in [0.1, 0.15) is 23.2 Å². The molecule has 1 aliphatic heterocycles. The molecule has 0 aromatic heterocycles. The number of benzene rings is 1. The quantitative estimate of drug-likeness (QED) is 0.374. The maximum Gasteiger partial charge on any atom is 0.256 e. The summed E-state index contributed by atoms with van der Waals surface area (Å²) in [7, 11) is 0. The summed E-state index contributed by atoms with van der Waals surface area (Å²) in [5.74, 6) is -1.02. The molecule has 1 saturated heterocycles. The molecule has 5 nitrogen and oxygen atoms in total. The van der Waals surface area contributed by atoms with Gasteiger partial charge in [-0.3, -0.25) is 4.79 Å². The van der Waals surface area contributed by atoms with E-state index in [0.717, 1.165) is 12.8 Å². The fraction of sp³-hybridized carbons (Fsp3) is 0.385. The molecule has 1 atom stereocenters. The Bertz CT molecular complexity index is 550. The van der Waals surface area contributed by atoms with Crippen LogP contribution in [-0.2, 0) is 0 Å². The third-order valence-corrected chi connectivity index (χ3v) is 4.04. The predicted molar refractivity (Wildman–Crippen MR) is 76.1 cm³/mol. The molecule has 7 heteroatoms. The van der Waals surface area contributed by atoms with Gasteiger partial charge in [0.15, 0.2) is 0 Å². The molecule has 0 spiro atoms. The number of nitrogens with zero attached hydrogens (tertiary/aromatic N) is 2. The highest BCUT2D eigenvalue weighted by atomic mass is 79.9. The molecule has 1 heterocycles. The normalized spacial score (nSPS) is 20.0. The fourth-order valence-electron chi connectivity index (χ4n) is 2.32. The second-order valence-corrected chi connectivity index (χ2v) is 5.57. The van der Waals surface area contributed by atoms with Crippen molar-refractivity contribution in [2.45, 2.75) is 12.8 Å². The number of rotatable bonds is 2. The smallest absolute Gasteiger partial charge is 0.256 e. The topological polar surface area (TPSA) is 78.9 Å². The number of amides is 1. The maximum atomic E-state index is 13.9. The summed E-state index contributed by atoms with van der Waals surface area (Å²) < 4.78 is 14.2. The van der Waals surface area contributed by atoms with Gasteiger partial charge in [-0.25, -0.2) is 4.39 Å². The molecule has 1 fully saturated rings. The summed E-state index contributed by atoms with van der Waals surface area (Å²) in [6, 6.07) is 4.61. The van der Waals surface area contributed by atoms with Crippen molar-refractivity contribution in [3.05, 3.63) is 34.1 Å². The molecule has 1 amide bonds. The minimum Gasteiger partial charge on any atom is -0.409 e. The standard InChI is InChI=1S/C13H15BrFN3O2/c14-10-5-1-4-9(11(10)15)13(19)18-6-2-3-8(7-18)12(16)17-20/h1,4-5,8,20H,2-3,6-7H2,(H2,16,17). The monoisotopic (exact) mass is 343 g/mol. The molecule has 0 bridgehead atoms. The average Bonchev–Trinajstić information content (AvgIpc) is 2.48. The number of nitrogens with two attached hydrogens (primary N) is 1. The molecule has 3 N–H and O–H groups in total. The summed E-state index contributed by atoms with van der Waals surface area (Å²) in [4.78, 5) is 13.9. The average molecular weight is 344 g/mol. The Morgan fingerprint density at radius 2 is 2.30 bits per heavy atom. The maximum absolute atomic E-state index is 13.9. The van der Waals surface area contributed by atoms with Crippen LogP contribution in [0.2, 0.25) is 0 Å². The van der Waals surface area contributed by atoms with Gasteiger partial charge in [0.1, 0.15) is 11.7 Å². The molecule has 0 aliphatic carbocycles. The van der Waals surface area contributed by atoms with E-state index in [9.17, 15) is 9.18 Å². The number of carbonyl (C=O) groups excluding carboxylic acids is 1. The van der Waals surface area contributed by atoms with Crippen LogP contribution >= 0.6 is 15.9 Å². The van der Waals surface area contributed by atoms with E-state index in [4.69, 9.17) is 10.9 Å². The van der Waals surface area contributed by atoms with Gasteiger partial charge in [0.05, 0.1) is 10.0 Å². The summed E-state index contributed by atoms with van der Waals surface area (Å²) >= 11 is 3.07. The zero-order chi connectivity index (χ0) is 14.7. The minimum absolute atomic E-state index is 0.0273. The van der Waals surface area contributed by atoms with Gasteiger partial charge in [-0.05, 0) is 40.9 Å². The number of oxime groups is 1. The van der Waals surface area contributed by atoms with Crippen LogP contribution in [0.25, 0.3) is 0 Å². The number of hydrogen-bond donors (Lipinski definition) is 2. The van der Waals surface area contributed by atoms with Crippen molar-refractivity contribution < 1.29 is 14.4 Å². The van der Waals surface area contributed by atoms with E-state index in [1.165, 1.54) is 11.0 Å². The van der Waals surface area contributed by atoms with Crippen LogP contribution in [0.3, 0.4) is 0 Å². The zero-order valence-corrected chi connectivity index (χ0v) is 12.3. The molecule has 20 heavy (non-hydrogen) atoms. The molecular formula is C13H15BrFN3O2. The SMILES string of the molecule is N/C(=N/O)C1CCCN(C(=O)c2cccc(Br)c2F)C1. The third-order valence-electron chi connectivity index (χ3n) is 3.42. The van der Waals surface area contributed by atoms with Gasteiger partial charge >= 0.3 is 0 Å². The van der Waals surface area contributed by atoms with Crippen molar-refractivity contribution in [2.24, 2.45) is 16.8 Å². The first-order valence-corrected chi connectivity index (χ1v) is 7.04. The van der Waals surface area contributed by atoms with Crippen LogP contribution in [0.5, 0.6) is 0 Å². The Kier molecular flexibility index (Phi) is 4.59. The molecule has 0 saturated carbocycles. The van der Waals surface area contributed by atoms with E-state index in [1.54, 1.807) is 12.1 Å². The zero-order valence-electron chi connectivity index (χ0n) is 10.7. The molecule has 1 aromatic carbocycles. The van der Waals surface area contributed by atoms with E-state index in [2.05, 4.69) is 21.1 Å². The van der Waals surface area contributed by atoms with Gasteiger partial charge in [0, 0.05) is 19.0 Å². The van der Waals surface area contributed by atoms with Crippen molar-refractivity contribution in [3.63, 3.8) is 0 Å². The minimum atomic E-state index is -0.566. The first kappa shape index (κ1) is 14.8. The second-order valence-electron chi connectivity index (χ2n) is 4.72. The van der Waals surface area contributed by atoms with E-state index >= 15 is 0 Å². The fourth-order valence-corrected chi connectivity index (χ4v) is 2.69. The summed E-state index contributed by atoms with van der Waals surface area (Å²) in [5, 5.41) is 11.7. The second kappa shape index (κ2) is 6.21. The Balaban J connectivity index is 2.19. The molecule has 1 aliphatic rings. The highest BCUT2D eigenvalue weighted by Crippen LogP contribution is 2.23. The lowest BCUT2D eigenvalue weighted by Crippen LogP contribution is -2.44. The van der Waals surface area contributed by atoms with Gasteiger partial charge < -0.3 is 15.8 Å². The lowest BCUT2D eigenvalue weighted by atomic mass is 9.96. The van der Waals surface area contributed by atoms with Crippen molar-refractivity contribution in [3.8, 4) is 0 Å². The van der Waals surface area contributed by atoms with Gasteiger partial charge in [-0.2, -0.15) is 0 Å². The van der Waals surface area contributed by atoms with Crippen molar-refractivity contribution in [1.82, 2.24) is 4.90 Å². The summed E-state index contributed by atoms with van der Waals surface area (Å²) in [5.41, 5.74) is 5.61. The van der Waals surface area contributed by atoms with Gasteiger partial charge in [-0.1, -0.05) is 11.2 Å². The number of likely N-dealkylation sites (tertiary alicyclic amines) is 1. The lowest BCUT2D eigenvalue weighted by molar-refractivity contribution is 0.0696. The lowest BCUT2D eigenvalue weighted by Gasteiger charge is -2.32. The van der Waals surface area contributed by atoms with Crippen LogP contribution in [-0.4, -0.2) is 34.9 Å². The van der Waals surface area contributed by atoms with Gasteiger partial charge in [-0.15, -0.1) is 0 Å². The van der Waals surface area contributed by atoms with Gasteiger partial charge in [0.25, 0.3) is 5.91 Å². The van der Waals surface area contributed by atoms with E-state index in [0.29, 0.717) is 13.1 Å². The number of hydrogen-bond acceptors (Lipinski definition) is 3. The van der Waals surface area contributed by atoms with E-state index in [-0.39, 0.29) is 27.7 Å². The highest BCUT2D eigenvalue weighted by molar-refractivity contribution is 9.10. The van der Waals surface area contributed by atoms with Crippen molar-refractivity contribution in [1.29, 1.82) is 0 Å². The number of amidine groups is 1. The van der Waals surface area contributed by atoms with Crippen LogP contribution in [0, 0.1) is 11.7 Å². The third kappa shape index (κ3) is 2.92. The molecule has 2 rings (SSSR count). The van der Waals surface area contributed by atoms with Crippen LogP contribution in [0.15, 0.2) is 27.8 Å². The summed E-state index contributed by atoms with van der Waals surface area (Å²) in [6.07, 6.45) is 1.49. The van der Waals surface area contributed by atoms with Gasteiger partial charge in [0.2, 0.25) is 0 Å². The molecule has 0 radical (unpaired) electrons. The molecular weight excluding hydrogens is 329 g/mol. The largest absolute Gasteiger partial charge is 0.409 e. The molecule has 108 valence electrons. The van der Waals surface area contributed by atoms with E-state index < -0.39 is 5.82 Å². The van der Waals surface area contributed by atoms with Crippen molar-refractivity contribution in [2.75, 3.05) is 13.1 Å². The Labute approximate surface area is 124 Å². The first-order valence-electron chi connectivity index (χ1n) is 6.25. The number of halogens is 2. The number of carbonyl (C=O) groups is 1. The molecule has 1 unspecified atom stereocenters. The highest BCUT2D eigenvalue weighted by Gasteiger charge is 2.28. The Hall–Kier alpha value is -1.63. The van der Waals surface area contributed by atoms with E-state index in [1.807, 2.05) is 0 Å². The summed E-state index contributed by atoms with van der Waals surface area (Å²) in [6.45, 7) is 0.876. The first-order chi connectivity index (χ1) is 9.54. The van der Waals surface area contributed by atoms with Crippen LogP contribution < -0.4 is 5.73 Å². The Morgan fingerprint density at radius 1 is 1.55 bits per heavy atom. The predicted octanol–water partition coefficient (Wildman–Crippen LogP) is 2.19. The van der Waals surface area contributed by atoms with Crippen LogP contribution in [0.4, 0.5) is 4.39 Å². The molecule has 1 aromatic rings. The Morgan fingerprint density at radius 3 is 3.00 bits per heavy atom.